The molecule has 5 nitrogen and oxygen atoms in total. The Morgan fingerprint density at radius 1 is 1.50 bits per heavy atom. The van der Waals surface area contributed by atoms with Crippen LogP contribution in [0.4, 0.5) is 0 Å². The number of carboxylic acids is 1. The molecule has 0 unspecified atom stereocenters. The van der Waals surface area contributed by atoms with Gasteiger partial charge in [0, 0.05) is 25.0 Å². The highest BCUT2D eigenvalue weighted by atomic mass is 16.5. The summed E-state index contributed by atoms with van der Waals surface area (Å²) < 4.78 is 5.47. The molecule has 1 saturated carbocycles. The fourth-order valence-electron chi connectivity index (χ4n) is 2.82. The van der Waals surface area contributed by atoms with Crippen molar-refractivity contribution in [1.29, 1.82) is 0 Å². The lowest BCUT2D eigenvalue weighted by molar-refractivity contribution is -0.142. The molecule has 0 atom stereocenters. The SMILES string of the molecule is CC.CCOC1CC2(CC(=O)N(CC(=O)O)C2)C1. The van der Waals surface area contributed by atoms with E-state index in [1.54, 1.807) is 0 Å². The third-order valence-corrected chi connectivity index (χ3v) is 3.46. The van der Waals surface area contributed by atoms with Crippen LogP contribution in [0.2, 0.25) is 0 Å². The Bertz CT molecular complexity index is 310. The van der Waals surface area contributed by atoms with Crippen LogP contribution >= 0.6 is 0 Å². The van der Waals surface area contributed by atoms with E-state index in [1.807, 2.05) is 20.8 Å². The van der Waals surface area contributed by atoms with Crippen molar-refractivity contribution in [2.75, 3.05) is 19.7 Å². The Hall–Kier alpha value is -1.10. The van der Waals surface area contributed by atoms with E-state index in [4.69, 9.17) is 9.84 Å². The zero-order valence-electron chi connectivity index (χ0n) is 11.4. The molecule has 1 aliphatic heterocycles. The van der Waals surface area contributed by atoms with Gasteiger partial charge >= 0.3 is 5.97 Å². The summed E-state index contributed by atoms with van der Waals surface area (Å²) in [5.74, 6) is -0.969. The van der Waals surface area contributed by atoms with E-state index in [1.165, 1.54) is 4.90 Å². The van der Waals surface area contributed by atoms with Gasteiger partial charge in [-0.05, 0) is 19.8 Å². The molecule has 0 radical (unpaired) electrons. The molecule has 0 aromatic carbocycles. The Morgan fingerprint density at radius 3 is 2.61 bits per heavy atom. The van der Waals surface area contributed by atoms with Crippen molar-refractivity contribution in [3.8, 4) is 0 Å². The predicted molar refractivity (Wildman–Crippen MR) is 67.3 cm³/mol. The molecule has 2 fully saturated rings. The Balaban J connectivity index is 0.000000771. The van der Waals surface area contributed by atoms with Gasteiger partial charge in [0.25, 0.3) is 0 Å². The number of carbonyl (C=O) groups is 2. The van der Waals surface area contributed by atoms with Crippen LogP contribution in [0.15, 0.2) is 0 Å². The predicted octanol–water partition coefficient (Wildman–Crippen LogP) is 1.51. The lowest BCUT2D eigenvalue weighted by atomic mass is 9.66. The minimum absolute atomic E-state index is 0.00632. The molecule has 1 heterocycles. The van der Waals surface area contributed by atoms with E-state index >= 15 is 0 Å². The van der Waals surface area contributed by atoms with Crippen molar-refractivity contribution in [1.82, 2.24) is 4.90 Å². The molecule has 104 valence electrons. The maximum absolute atomic E-state index is 11.6. The van der Waals surface area contributed by atoms with Crippen LogP contribution in [0.1, 0.15) is 40.0 Å². The van der Waals surface area contributed by atoms with Crippen LogP contribution in [-0.4, -0.2) is 47.7 Å². The van der Waals surface area contributed by atoms with Gasteiger partial charge < -0.3 is 14.7 Å². The molecule has 1 saturated heterocycles. The van der Waals surface area contributed by atoms with Gasteiger partial charge in [-0.3, -0.25) is 9.59 Å². The summed E-state index contributed by atoms with van der Waals surface area (Å²) in [7, 11) is 0. The van der Waals surface area contributed by atoms with Crippen molar-refractivity contribution in [3.63, 3.8) is 0 Å². The lowest BCUT2D eigenvalue weighted by Gasteiger charge is -2.44. The van der Waals surface area contributed by atoms with Crippen molar-refractivity contribution < 1.29 is 19.4 Å². The second-order valence-corrected chi connectivity index (χ2v) is 4.81. The summed E-state index contributed by atoms with van der Waals surface area (Å²) in [6, 6.07) is 0. The highest BCUT2D eigenvalue weighted by Crippen LogP contribution is 2.49. The minimum atomic E-state index is -0.939. The Labute approximate surface area is 108 Å². The van der Waals surface area contributed by atoms with Gasteiger partial charge in [-0.15, -0.1) is 0 Å². The maximum Gasteiger partial charge on any atom is 0.323 e. The smallest absolute Gasteiger partial charge is 0.323 e. The van der Waals surface area contributed by atoms with Gasteiger partial charge in [0.1, 0.15) is 6.54 Å². The lowest BCUT2D eigenvalue weighted by Crippen LogP contribution is -2.44. The molecule has 1 aliphatic carbocycles. The number of ether oxygens (including phenoxy) is 1. The first-order valence-electron chi connectivity index (χ1n) is 6.66. The normalized spacial score (nSPS) is 29.8. The van der Waals surface area contributed by atoms with Crippen LogP contribution in [0.25, 0.3) is 0 Å². The molecular weight excluding hydrogens is 234 g/mol. The third-order valence-electron chi connectivity index (χ3n) is 3.46. The molecule has 0 aromatic heterocycles. The quantitative estimate of drug-likeness (QED) is 0.829. The Morgan fingerprint density at radius 2 is 2.11 bits per heavy atom. The number of hydrogen-bond acceptors (Lipinski definition) is 3. The van der Waals surface area contributed by atoms with Gasteiger partial charge in [0.05, 0.1) is 6.10 Å². The molecule has 5 heteroatoms. The number of carbonyl (C=O) groups excluding carboxylic acids is 1. The van der Waals surface area contributed by atoms with E-state index in [0.717, 1.165) is 12.8 Å². The number of likely N-dealkylation sites (tertiary alicyclic amines) is 1. The molecular formula is C13H23NO4. The van der Waals surface area contributed by atoms with Crippen LogP contribution in [0.5, 0.6) is 0 Å². The Kier molecular flexibility index (Phi) is 5.14. The van der Waals surface area contributed by atoms with E-state index in [9.17, 15) is 9.59 Å². The first-order chi connectivity index (χ1) is 8.54. The van der Waals surface area contributed by atoms with Gasteiger partial charge in [-0.25, -0.2) is 0 Å². The number of aliphatic carboxylic acids is 1. The van der Waals surface area contributed by atoms with Gasteiger partial charge in [-0.2, -0.15) is 0 Å². The fourth-order valence-corrected chi connectivity index (χ4v) is 2.82. The molecule has 2 aliphatic rings. The summed E-state index contributed by atoms with van der Waals surface area (Å²) >= 11 is 0. The van der Waals surface area contributed by atoms with Crippen molar-refractivity contribution >= 4 is 11.9 Å². The van der Waals surface area contributed by atoms with E-state index in [2.05, 4.69) is 0 Å². The first-order valence-corrected chi connectivity index (χ1v) is 6.66. The summed E-state index contributed by atoms with van der Waals surface area (Å²) in [6.45, 7) is 7.08. The first kappa shape index (κ1) is 15.0. The highest BCUT2D eigenvalue weighted by molar-refractivity contribution is 5.84. The van der Waals surface area contributed by atoms with Gasteiger partial charge in [-0.1, -0.05) is 13.8 Å². The number of rotatable bonds is 4. The summed E-state index contributed by atoms with van der Waals surface area (Å²) in [5, 5.41) is 8.67. The number of carboxylic acid groups (broad SMARTS) is 1. The van der Waals surface area contributed by atoms with Gasteiger partial charge in [0.2, 0.25) is 5.91 Å². The zero-order chi connectivity index (χ0) is 13.8. The molecule has 2 rings (SSSR count). The average molecular weight is 257 g/mol. The minimum Gasteiger partial charge on any atom is -0.480 e. The molecule has 1 N–H and O–H groups in total. The number of amides is 1. The molecule has 1 amide bonds. The fraction of sp³-hybridized carbons (Fsp3) is 0.846. The van der Waals surface area contributed by atoms with Crippen molar-refractivity contribution in [2.24, 2.45) is 5.41 Å². The van der Waals surface area contributed by atoms with Gasteiger partial charge in [0.15, 0.2) is 0 Å². The summed E-state index contributed by atoms with van der Waals surface area (Å²) in [4.78, 5) is 23.6. The van der Waals surface area contributed by atoms with Crippen LogP contribution in [-0.2, 0) is 14.3 Å². The number of hydrogen-bond donors (Lipinski definition) is 1. The standard InChI is InChI=1S/C11H17NO4.C2H6/c1-2-16-8-3-11(4-8)5-9(13)12(7-11)6-10(14)15;1-2/h8H,2-7H2,1H3,(H,14,15);1-2H3. The highest BCUT2D eigenvalue weighted by Gasteiger charge is 2.52. The van der Waals surface area contributed by atoms with E-state index in [0.29, 0.717) is 19.6 Å². The van der Waals surface area contributed by atoms with E-state index < -0.39 is 5.97 Å². The molecule has 0 aromatic rings. The van der Waals surface area contributed by atoms with Crippen molar-refractivity contribution in [2.45, 2.75) is 46.1 Å². The maximum atomic E-state index is 11.6. The van der Waals surface area contributed by atoms with E-state index in [-0.39, 0.29) is 24.0 Å². The summed E-state index contributed by atoms with van der Waals surface area (Å²) in [6.07, 6.45) is 2.54. The number of nitrogens with zero attached hydrogens (tertiary/aromatic N) is 1. The zero-order valence-corrected chi connectivity index (χ0v) is 11.4. The second kappa shape index (κ2) is 6.18. The van der Waals surface area contributed by atoms with Crippen LogP contribution in [0, 0.1) is 5.41 Å². The molecule has 0 bridgehead atoms. The van der Waals surface area contributed by atoms with Crippen LogP contribution < -0.4 is 0 Å². The summed E-state index contributed by atoms with van der Waals surface area (Å²) in [5.41, 5.74) is 0.00632. The molecule has 1 spiro atoms. The third kappa shape index (κ3) is 3.22. The average Bonchev–Trinajstić information content (AvgIpc) is 2.58. The van der Waals surface area contributed by atoms with Crippen LogP contribution in [0.3, 0.4) is 0 Å². The molecule has 18 heavy (non-hydrogen) atoms. The monoisotopic (exact) mass is 257 g/mol. The van der Waals surface area contributed by atoms with Crippen molar-refractivity contribution in [3.05, 3.63) is 0 Å². The topological polar surface area (TPSA) is 66.8 Å². The largest absolute Gasteiger partial charge is 0.480 e. The second-order valence-electron chi connectivity index (χ2n) is 4.81.